The zero-order valence-electron chi connectivity index (χ0n) is 15.3. The molecule has 0 bridgehead atoms. The van der Waals surface area contributed by atoms with E-state index in [0.717, 1.165) is 38.3 Å². The van der Waals surface area contributed by atoms with Crippen LogP contribution in [0.15, 0.2) is 54.6 Å². The largest absolute Gasteiger partial charge is 0.340 e. The number of hydrogen-bond acceptors (Lipinski definition) is 2. The minimum Gasteiger partial charge on any atom is -0.340 e. The zero-order valence-corrected chi connectivity index (χ0v) is 15.3. The highest BCUT2D eigenvalue weighted by atomic mass is 16.2. The van der Waals surface area contributed by atoms with Crippen molar-refractivity contribution in [2.24, 2.45) is 0 Å². The molecule has 0 unspecified atom stereocenters. The third-order valence-corrected chi connectivity index (χ3v) is 4.98. The van der Waals surface area contributed by atoms with Gasteiger partial charge in [0.1, 0.15) is 0 Å². The first kappa shape index (κ1) is 17.7. The predicted octanol–water partition coefficient (Wildman–Crippen LogP) is 3.70. The lowest BCUT2D eigenvalue weighted by atomic mass is 10.0. The fraction of sp³-hybridized carbons (Fsp3) is 0.409. The maximum Gasteiger partial charge on any atom is 0.227 e. The van der Waals surface area contributed by atoms with Gasteiger partial charge >= 0.3 is 0 Å². The zero-order chi connectivity index (χ0) is 17.6. The molecule has 3 rings (SSSR count). The van der Waals surface area contributed by atoms with E-state index in [1.54, 1.807) is 0 Å². The summed E-state index contributed by atoms with van der Waals surface area (Å²) in [4.78, 5) is 16.9. The van der Waals surface area contributed by atoms with Gasteiger partial charge in [-0.2, -0.15) is 0 Å². The molecule has 0 aliphatic carbocycles. The predicted molar refractivity (Wildman–Crippen MR) is 103 cm³/mol. The van der Waals surface area contributed by atoms with Gasteiger partial charge in [-0.15, -0.1) is 0 Å². The van der Waals surface area contributed by atoms with Crippen molar-refractivity contribution in [3.8, 4) is 0 Å². The summed E-state index contributed by atoms with van der Waals surface area (Å²) in [6.45, 7) is 8.98. The van der Waals surface area contributed by atoms with E-state index in [4.69, 9.17) is 0 Å². The number of rotatable bonds is 5. The Kier molecular flexibility index (Phi) is 5.87. The van der Waals surface area contributed by atoms with Gasteiger partial charge in [0, 0.05) is 32.7 Å². The van der Waals surface area contributed by atoms with E-state index >= 15 is 0 Å². The molecule has 3 heteroatoms. The number of nitrogens with zero attached hydrogens (tertiary/aromatic N) is 2. The monoisotopic (exact) mass is 336 g/mol. The van der Waals surface area contributed by atoms with Crippen molar-refractivity contribution in [1.82, 2.24) is 9.80 Å². The van der Waals surface area contributed by atoms with Crippen LogP contribution in [-0.2, 0) is 17.8 Å². The van der Waals surface area contributed by atoms with Crippen molar-refractivity contribution >= 4 is 5.91 Å². The molecule has 2 aromatic carbocycles. The number of carbonyl (C=O) groups is 1. The Labute approximate surface area is 151 Å². The van der Waals surface area contributed by atoms with Gasteiger partial charge in [-0.1, -0.05) is 68.4 Å². The third kappa shape index (κ3) is 4.93. The molecule has 0 spiro atoms. The number of benzene rings is 2. The fourth-order valence-electron chi connectivity index (χ4n) is 3.30. The Hall–Kier alpha value is -2.13. The lowest BCUT2D eigenvalue weighted by Crippen LogP contribution is -2.48. The maximum atomic E-state index is 12.4. The summed E-state index contributed by atoms with van der Waals surface area (Å²) in [7, 11) is 0. The van der Waals surface area contributed by atoms with Crippen LogP contribution < -0.4 is 0 Å². The van der Waals surface area contributed by atoms with E-state index in [-0.39, 0.29) is 5.91 Å². The second-order valence-electron chi connectivity index (χ2n) is 7.22. The molecule has 1 fully saturated rings. The molecule has 0 radical (unpaired) electrons. The Bertz CT molecular complexity index is 671. The molecule has 3 nitrogen and oxygen atoms in total. The van der Waals surface area contributed by atoms with Crippen LogP contribution in [0, 0.1) is 0 Å². The van der Waals surface area contributed by atoms with Gasteiger partial charge in [-0.25, -0.2) is 0 Å². The topological polar surface area (TPSA) is 23.6 Å². The molecule has 2 aromatic rings. The van der Waals surface area contributed by atoms with Crippen LogP contribution in [0.1, 0.15) is 36.5 Å². The van der Waals surface area contributed by atoms with Gasteiger partial charge in [0.2, 0.25) is 5.91 Å². The van der Waals surface area contributed by atoms with Crippen molar-refractivity contribution in [2.75, 3.05) is 26.2 Å². The third-order valence-electron chi connectivity index (χ3n) is 4.98. The van der Waals surface area contributed by atoms with E-state index in [1.165, 1.54) is 11.1 Å². The highest BCUT2D eigenvalue weighted by Gasteiger charge is 2.21. The Morgan fingerprint density at radius 2 is 1.52 bits per heavy atom. The first-order valence-corrected chi connectivity index (χ1v) is 9.24. The standard InChI is InChI=1S/C22H28N2O/c1-18(2)21-10-8-20(9-11-21)17-23-12-14-24(15-13-23)22(25)16-19-6-4-3-5-7-19/h3-11,18H,12-17H2,1-2H3. The summed E-state index contributed by atoms with van der Waals surface area (Å²) in [5.41, 5.74) is 3.84. The fourth-order valence-corrected chi connectivity index (χ4v) is 3.30. The summed E-state index contributed by atoms with van der Waals surface area (Å²) < 4.78 is 0. The number of hydrogen-bond donors (Lipinski definition) is 0. The maximum absolute atomic E-state index is 12.4. The molecule has 0 aromatic heterocycles. The van der Waals surface area contributed by atoms with Crippen molar-refractivity contribution in [2.45, 2.75) is 32.7 Å². The number of amides is 1. The average molecular weight is 336 g/mol. The average Bonchev–Trinajstić information content (AvgIpc) is 2.63. The molecule has 0 saturated carbocycles. The normalized spacial score (nSPS) is 15.6. The van der Waals surface area contributed by atoms with E-state index < -0.39 is 0 Å². The SMILES string of the molecule is CC(C)c1ccc(CN2CCN(C(=O)Cc3ccccc3)CC2)cc1. The molecule has 1 heterocycles. The van der Waals surface area contributed by atoms with Gasteiger partial charge in [0.05, 0.1) is 6.42 Å². The minimum atomic E-state index is 0.243. The van der Waals surface area contributed by atoms with Crippen LogP contribution in [0.5, 0.6) is 0 Å². The summed E-state index contributed by atoms with van der Waals surface area (Å²) >= 11 is 0. The Morgan fingerprint density at radius 3 is 2.12 bits per heavy atom. The highest BCUT2D eigenvalue weighted by molar-refractivity contribution is 5.78. The molecule has 1 amide bonds. The molecule has 1 aliphatic rings. The minimum absolute atomic E-state index is 0.243. The van der Waals surface area contributed by atoms with Crippen LogP contribution in [0.25, 0.3) is 0 Å². The van der Waals surface area contributed by atoms with Gasteiger partial charge < -0.3 is 4.90 Å². The Morgan fingerprint density at radius 1 is 0.880 bits per heavy atom. The van der Waals surface area contributed by atoms with E-state index in [2.05, 4.69) is 43.0 Å². The summed E-state index contributed by atoms with van der Waals surface area (Å²) in [6, 6.07) is 19.0. The second kappa shape index (κ2) is 8.30. The van der Waals surface area contributed by atoms with Crippen LogP contribution >= 0.6 is 0 Å². The van der Waals surface area contributed by atoms with Crippen LogP contribution in [0.2, 0.25) is 0 Å². The lowest BCUT2D eigenvalue weighted by Gasteiger charge is -2.35. The summed E-state index contributed by atoms with van der Waals surface area (Å²) in [5, 5.41) is 0. The molecule has 1 aliphatic heterocycles. The van der Waals surface area contributed by atoms with Crippen molar-refractivity contribution < 1.29 is 4.79 Å². The lowest BCUT2D eigenvalue weighted by molar-refractivity contribution is -0.132. The number of carbonyl (C=O) groups excluding carboxylic acids is 1. The second-order valence-corrected chi connectivity index (χ2v) is 7.22. The molecule has 132 valence electrons. The molecule has 1 saturated heterocycles. The first-order chi connectivity index (χ1) is 12.1. The summed E-state index contributed by atoms with van der Waals surface area (Å²) in [5.74, 6) is 0.820. The van der Waals surface area contributed by atoms with Crippen LogP contribution in [-0.4, -0.2) is 41.9 Å². The highest BCUT2D eigenvalue weighted by Crippen LogP contribution is 2.16. The van der Waals surface area contributed by atoms with Crippen molar-refractivity contribution in [1.29, 1.82) is 0 Å². The quantitative estimate of drug-likeness (QED) is 0.831. The smallest absolute Gasteiger partial charge is 0.227 e. The molecule has 25 heavy (non-hydrogen) atoms. The van der Waals surface area contributed by atoms with Gasteiger partial charge in [-0.3, -0.25) is 9.69 Å². The van der Waals surface area contributed by atoms with Crippen molar-refractivity contribution in [3.63, 3.8) is 0 Å². The van der Waals surface area contributed by atoms with Crippen molar-refractivity contribution in [3.05, 3.63) is 71.3 Å². The van der Waals surface area contributed by atoms with Crippen LogP contribution in [0.4, 0.5) is 0 Å². The summed E-state index contributed by atoms with van der Waals surface area (Å²) in [6.07, 6.45) is 0.511. The Balaban J connectivity index is 1.47. The molecule has 0 atom stereocenters. The molecular formula is C22H28N2O. The first-order valence-electron chi connectivity index (χ1n) is 9.24. The van der Waals surface area contributed by atoms with E-state index in [0.29, 0.717) is 12.3 Å². The number of piperazine rings is 1. The van der Waals surface area contributed by atoms with E-state index in [9.17, 15) is 4.79 Å². The van der Waals surface area contributed by atoms with Gasteiger partial charge in [0.15, 0.2) is 0 Å². The van der Waals surface area contributed by atoms with Crippen LogP contribution in [0.3, 0.4) is 0 Å². The van der Waals surface area contributed by atoms with E-state index in [1.807, 2.05) is 35.2 Å². The van der Waals surface area contributed by atoms with Gasteiger partial charge in [0.25, 0.3) is 0 Å². The molecular weight excluding hydrogens is 308 g/mol. The van der Waals surface area contributed by atoms with Gasteiger partial charge in [-0.05, 0) is 22.6 Å². The molecule has 0 N–H and O–H groups in total.